The molecule has 8 rings (SSSR count). The second-order valence-electron chi connectivity index (χ2n) is 17.4. The Morgan fingerprint density at radius 1 is 0.966 bits per heavy atom. The molecular formula is C43H49ClN10O5. The Balaban J connectivity index is 0.790. The van der Waals surface area contributed by atoms with E-state index in [1.807, 2.05) is 18.2 Å². The fourth-order valence-corrected chi connectivity index (χ4v) is 9.96. The lowest BCUT2D eigenvalue weighted by atomic mass is 9.49. The number of nitrogens with zero attached hydrogens (tertiary/aromatic N) is 8. The van der Waals surface area contributed by atoms with Gasteiger partial charge in [0.1, 0.15) is 24.0 Å². The molecule has 2 N–H and O–H groups in total. The molecule has 5 heterocycles. The Morgan fingerprint density at radius 2 is 1.71 bits per heavy atom. The number of rotatable bonds is 10. The number of aromatic nitrogens is 4. The summed E-state index contributed by atoms with van der Waals surface area (Å²) in [6.45, 7) is 14.7. The first kappa shape index (κ1) is 40.2. The number of carbonyl (C=O) groups is 3. The lowest BCUT2D eigenvalue weighted by Crippen LogP contribution is -2.74. The average Bonchev–Trinajstić information content (AvgIpc) is 3.71. The SMILES string of the molecule is CC1(C)[C@H](NC(=O)c2cnc(N3CCC(CCN4CCN(c5ccc6c(=O)n(C7CCC(=O)NC7=O)ncc6c5)CC4)C3)nc2)C(C)(C)[C@H]1Oc1ccc(C#N)c(Cl)c1. The van der Waals surface area contributed by atoms with E-state index in [9.17, 15) is 24.4 Å². The van der Waals surface area contributed by atoms with Crippen LogP contribution in [0.4, 0.5) is 11.6 Å². The third kappa shape index (κ3) is 7.83. The quantitative estimate of drug-likeness (QED) is 0.217. The summed E-state index contributed by atoms with van der Waals surface area (Å²) in [5.74, 6) is 0.694. The predicted molar refractivity (Wildman–Crippen MR) is 222 cm³/mol. The van der Waals surface area contributed by atoms with Crippen LogP contribution >= 0.6 is 11.6 Å². The monoisotopic (exact) mass is 820 g/mol. The maximum Gasteiger partial charge on any atom is 0.275 e. The second-order valence-corrected chi connectivity index (χ2v) is 17.8. The molecule has 4 aliphatic rings. The number of benzene rings is 2. The molecule has 2 unspecified atom stereocenters. The molecule has 0 bridgehead atoms. The van der Waals surface area contributed by atoms with Crippen molar-refractivity contribution in [3.8, 4) is 11.8 Å². The highest BCUT2D eigenvalue weighted by Crippen LogP contribution is 2.55. The number of nitriles is 1. The minimum Gasteiger partial charge on any atom is -0.489 e. The number of piperidine rings is 1. The molecular weight excluding hydrogens is 772 g/mol. The summed E-state index contributed by atoms with van der Waals surface area (Å²) in [6, 6.07) is 11.9. The summed E-state index contributed by atoms with van der Waals surface area (Å²) in [5, 5.41) is 20.6. The van der Waals surface area contributed by atoms with Crippen molar-refractivity contribution in [2.45, 2.75) is 71.6 Å². The van der Waals surface area contributed by atoms with Crippen molar-refractivity contribution < 1.29 is 19.1 Å². The van der Waals surface area contributed by atoms with Crippen molar-refractivity contribution in [1.82, 2.24) is 35.3 Å². The molecule has 2 aromatic carbocycles. The fraction of sp³-hybridized carbons (Fsp3) is 0.488. The molecule has 1 aliphatic carbocycles. The number of amides is 3. The van der Waals surface area contributed by atoms with Crippen LogP contribution in [0.1, 0.15) is 75.3 Å². The van der Waals surface area contributed by atoms with Crippen molar-refractivity contribution in [2.75, 3.05) is 55.6 Å². The summed E-state index contributed by atoms with van der Waals surface area (Å²) in [4.78, 5) is 66.8. The van der Waals surface area contributed by atoms with Gasteiger partial charge in [0.05, 0.1) is 27.7 Å². The normalized spacial score (nSPS) is 24.0. The van der Waals surface area contributed by atoms with Gasteiger partial charge in [-0.2, -0.15) is 10.4 Å². The number of hydrogen-bond acceptors (Lipinski definition) is 12. The maximum absolute atomic E-state index is 13.4. The lowest BCUT2D eigenvalue weighted by Gasteiger charge is -2.63. The van der Waals surface area contributed by atoms with Gasteiger partial charge in [-0.3, -0.25) is 29.4 Å². The highest BCUT2D eigenvalue weighted by molar-refractivity contribution is 6.31. The van der Waals surface area contributed by atoms with E-state index in [0.717, 1.165) is 69.7 Å². The van der Waals surface area contributed by atoms with Gasteiger partial charge in [-0.1, -0.05) is 39.3 Å². The number of anilines is 2. The summed E-state index contributed by atoms with van der Waals surface area (Å²) in [7, 11) is 0. The molecule has 2 atom stereocenters. The van der Waals surface area contributed by atoms with Gasteiger partial charge in [0, 0.05) is 92.1 Å². The number of carbonyl (C=O) groups excluding carboxylic acids is 3. The summed E-state index contributed by atoms with van der Waals surface area (Å²) < 4.78 is 7.56. The van der Waals surface area contributed by atoms with Gasteiger partial charge in [-0.05, 0) is 62.1 Å². The van der Waals surface area contributed by atoms with E-state index in [0.29, 0.717) is 39.2 Å². The molecule has 3 amide bonds. The van der Waals surface area contributed by atoms with Gasteiger partial charge in [0.2, 0.25) is 11.9 Å². The zero-order valence-electron chi connectivity index (χ0n) is 33.8. The van der Waals surface area contributed by atoms with Gasteiger partial charge in [-0.15, -0.1) is 0 Å². The van der Waals surface area contributed by atoms with E-state index in [1.54, 1.807) is 36.8 Å². The highest BCUT2D eigenvalue weighted by Gasteiger charge is 2.64. The molecule has 3 saturated heterocycles. The van der Waals surface area contributed by atoms with Crippen LogP contribution in [0.25, 0.3) is 10.8 Å². The standard InChI is InChI=1S/C43H49ClN10O5/c1-42(2)39(43(3,4)40(42)59-31-7-5-27(21-45)33(44)20-31)50-36(56)29-22-46-41(47-23-29)53-14-12-26(25-53)11-13-51-15-17-52(18-16-51)30-6-8-32-28(19-30)24-48-54(38(32)58)34-9-10-35(55)49-37(34)57/h5-8,19-20,22-24,26,34,39-40H,9-18,25H2,1-4H3,(H,50,56)(H,49,55,57)/t26?,34?,39-,40-. The smallest absolute Gasteiger partial charge is 0.275 e. The molecule has 3 aliphatic heterocycles. The Bertz CT molecular complexity index is 2370. The minimum absolute atomic E-state index is 0.171. The van der Waals surface area contributed by atoms with Crippen LogP contribution < -0.4 is 30.7 Å². The van der Waals surface area contributed by atoms with Crippen LogP contribution in [-0.4, -0.2) is 100 Å². The summed E-state index contributed by atoms with van der Waals surface area (Å²) in [6.07, 6.45) is 7.22. The predicted octanol–water partition coefficient (Wildman–Crippen LogP) is 4.34. The molecule has 4 aromatic rings. The lowest BCUT2D eigenvalue weighted by molar-refractivity contribution is -0.164. The van der Waals surface area contributed by atoms with Crippen LogP contribution in [0.3, 0.4) is 0 Å². The first-order valence-corrected chi connectivity index (χ1v) is 20.7. The number of nitrogens with one attached hydrogen (secondary N) is 2. The van der Waals surface area contributed by atoms with E-state index in [2.05, 4.69) is 74.2 Å². The van der Waals surface area contributed by atoms with Gasteiger partial charge in [0.25, 0.3) is 17.4 Å². The molecule has 4 fully saturated rings. The Labute approximate surface area is 347 Å². The first-order chi connectivity index (χ1) is 28.2. The molecule has 15 nitrogen and oxygen atoms in total. The maximum atomic E-state index is 13.4. The highest BCUT2D eigenvalue weighted by atomic mass is 35.5. The van der Waals surface area contributed by atoms with Gasteiger partial charge >= 0.3 is 0 Å². The summed E-state index contributed by atoms with van der Waals surface area (Å²) >= 11 is 6.24. The Hall–Kier alpha value is -5.59. The van der Waals surface area contributed by atoms with E-state index in [1.165, 1.54) is 4.68 Å². The van der Waals surface area contributed by atoms with E-state index < -0.39 is 11.9 Å². The molecule has 1 saturated carbocycles. The largest absolute Gasteiger partial charge is 0.489 e. The zero-order valence-corrected chi connectivity index (χ0v) is 34.5. The van der Waals surface area contributed by atoms with Crippen LogP contribution in [-0.2, 0) is 9.59 Å². The van der Waals surface area contributed by atoms with Crippen LogP contribution in [0.2, 0.25) is 5.02 Å². The molecule has 16 heteroatoms. The van der Waals surface area contributed by atoms with Gasteiger partial charge in [-0.25, -0.2) is 14.6 Å². The van der Waals surface area contributed by atoms with Crippen molar-refractivity contribution >= 4 is 51.7 Å². The third-order valence-electron chi connectivity index (χ3n) is 12.8. The van der Waals surface area contributed by atoms with Gasteiger partial charge < -0.3 is 19.9 Å². The van der Waals surface area contributed by atoms with Crippen molar-refractivity contribution in [2.24, 2.45) is 16.7 Å². The van der Waals surface area contributed by atoms with E-state index in [-0.39, 0.29) is 53.2 Å². The van der Waals surface area contributed by atoms with Crippen molar-refractivity contribution in [1.29, 1.82) is 5.26 Å². The fourth-order valence-electron chi connectivity index (χ4n) is 9.74. The number of ether oxygens (including phenoxy) is 1. The average molecular weight is 821 g/mol. The van der Waals surface area contributed by atoms with Crippen LogP contribution in [0.15, 0.2) is 59.8 Å². The van der Waals surface area contributed by atoms with Crippen LogP contribution in [0, 0.1) is 28.1 Å². The first-order valence-electron chi connectivity index (χ1n) is 20.3. The number of imide groups is 1. The number of piperazine rings is 1. The zero-order chi connectivity index (χ0) is 41.6. The molecule has 2 aromatic heterocycles. The second kappa shape index (κ2) is 15.9. The topological polar surface area (TPSA) is 179 Å². The number of fused-ring (bicyclic) bond motifs is 1. The van der Waals surface area contributed by atoms with E-state index >= 15 is 0 Å². The Kier molecular flexibility index (Phi) is 10.8. The van der Waals surface area contributed by atoms with Gasteiger partial charge in [0.15, 0.2) is 0 Å². The number of halogens is 1. The molecule has 0 spiro atoms. The third-order valence-corrected chi connectivity index (χ3v) is 13.1. The number of hydrogen-bond donors (Lipinski definition) is 2. The minimum atomic E-state index is -0.787. The van der Waals surface area contributed by atoms with Crippen LogP contribution in [0.5, 0.6) is 5.75 Å². The molecule has 0 radical (unpaired) electrons. The van der Waals surface area contributed by atoms with Crippen molar-refractivity contribution in [3.63, 3.8) is 0 Å². The summed E-state index contributed by atoms with van der Waals surface area (Å²) in [5.41, 5.74) is 0.735. The Morgan fingerprint density at radius 3 is 2.41 bits per heavy atom. The molecule has 308 valence electrons. The van der Waals surface area contributed by atoms with Crippen molar-refractivity contribution in [3.05, 3.63) is 81.5 Å². The van der Waals surface area contributed by atoms with E-state index in [4.69, 9.17) is 16.3 Å². The molecule has 59 heavy (non-hydrogen) atoms.